The molecule has 0 aromatic heterocycles. The van der Waals surface area contributed by atoms with Crippen molar-refractivity contribution in [2.45, 2.75) is 38.8 Å². The van der Waals surface area contributed by atoms with Crippen molar-refractivity contribution in [3.8, 4) is 0 Å². The Morgan fingerprint density at radius 2 is 1.69 bits per heavy atom. The smallest absolute Gasteiger partial charge is 0.410 e. The summed E-state index contributed by atoms with van der Waals surface area (Å²) in [5.41, 5.74) is 2.01. The first-order valence-electron chi connectivity index (χ1n) is 10.9. The Bertz CT molecular complexity index is 989. The van der Waals surface area contributed by atoms with Gasteiger partial charge in [-0.15, -0.1) is 0 Å². The van der Waals surface area contributed by atoms with Crippen molar-refractivity contribution in [3.05, 3.63) is 54.3 Å². The number of halogens is 1. The number of nitrogens with one attached hydrogen (secondary N) is 1. The number of fused-ring (bicyclic) bond motifs is 1. The third-order valence-corrected chi connectivity index (χ3v) is 5.56. The molecule has 2 aromatic rings. The first kappa shape index (κ1) is 21.9. The zero-order chi connectivity index (χ0) is 22.9. The van der Waals surface area contributed by atoms with Gasteiger partial charge in [-0.2, -0.15) is 0 Å². The summed E-state index contributed by atoms with van der Waals surface area (Å²) >= 11 is 0. The second-order valence-corrected chi connectivity index (χ2v) is 9.13. The number of para-hydroxylation sites is 2. The zero-order valence-corrected chi connectivity index (χ0v) is 18.7. The molecular formula is C24H29FN4O3. The topological polar surface area (TPSA) is 65.1 Å². The summed E-state index contributed by atoms with van der Waals surface area (Å²) in [6.07, 6.45) is 0.329. The zero-order valence-electron chi connectivity index (χ0n) is 18.7. The minimum atomic E-state index is -0.549. The van der Waals surface area contributed by atoms with Crippen molar-refractivity contribution in [2.75, 3.05) is 36.0 Å². The van der Waals surface area contributed by atoms with Crippen molar-refractivity contribution in [1.82, 2.24) is 10.2 Å². The summed E-state index contributed by atoms with van der Waals surface area (Å²) < 4.78 is 18.8. The fourth-order valence-electron chi connectivity index (χ4n) is 4.08. The number of likely N-dealkylation sites (tertiary alicyclic amines) is 1. The molecule has 1 fully saturated rings. The maximum atomic E-state index is 13.4. The Kier molecular flexibility index (Phi) is 5.95. The van der Waals surface area contributed by atoms with E-state index in [4.69, 9.17) is 4.74 Å². The van der Waals surface area contributed by atoms with Crippen molar-refractivity contribution in [3.63, 3.8) is 0 Å². The Morgan fingerprint density at radius 1 is 1.00 bits per heavy atom. The highest BCUT2D eigenvalue weighted by Crippen LogP contribution is 2.37. The molecule has 0 saturated carbocycles. The van der Waals surface area contributed by atoms with Gasteiger partial charge in [0.25, 0.3) is 0 Å². The summed E-state index contributed by atoms with van der Waals surface area (Å²) in [6, 6.07) is 13.7. The molecule has 170 valence electrons. The molecule has 1 atom stereocenters. The Hall–Kier alpha value is -3.29. The Labute approximate surface area is 187 Å². The normalized spacial score (nSPS) is 18.4. The summed E-state index contributed by atoms with van der Waals surface area (Å²) in [5, 5.41) is 3.07. The van der Waals surface area contributed by atoms with E-state index in [0.717, 1.165) is 17.1 Å². The van der Waals surface area contributed by atoms with E-state index in [1.807, 2.05) is 45.0 Å². The van der Waals surface area contributed by atoms with Gasteiger partial charge < -0.3 is 19.9 Å². The van der Waals surface area contributed by atoms with Crippen LogP contribution in [0.3, 0.4) is 0 Å². The van der Waals surface area contributed by atoms with Crippen LogP contribution in [0.2, 0.25) is 0 Å². The number of nitrogens with zero attached hydrogens (tertiary/aromatic N) is 3. The van der Waals surface area contributed by atoms with Gasteiger partial charge in [0.05, 0.1) is 17.4 Å². The largest absolute Gasteiger partial charge is 0.444 e. The molecule has 2 aliphatic rings. The van der Waals surface area contributed by atoms with Crippen LogP contribution in [0.1, 0.15) is 27.2 Å². The molecule has 1 saturated heterocycles. The fourth-order valence-corrected chi connectivity index (χ4v) is 4.08. The summed E-state index contributed by atoms with van der Waals surface area (Å²) in [4.78, 5) is 30.9. The molecule has 0 bridgehead atoms. The van der Waals surface area contributed by atoms with Gasteiger partial charge in [0.15, 0.2) is 0 Å². The van der Waals surface area contributed by atoms with Crippen LogP contribution in [-0.2, 0) is 4.74 Å². The lowest BCUT2D eigenvalue weighted by atomic mass is 10.1. The number of carbonyl (C=O) groups excluding carboxylic acids is 2. The Morgan fingerprint density at radius 3 is 2.38 bits per heavy atom. The molecule has 0 radical (unpaired) electrons. The van der Waals surface area contributed by atoms with Gasteiger partial charge in [-0.1, -0.05) is 12.1 Å². The van der Waals surface area contributed by atoms with E-state index in [2.05, 4.69) is 10.2 Å². The van der Waals surface area contributed by atoms with Crippen molar-refractivity contribution < 1.29 is 18.7 Å². The number of hydrogen-bond acceptors (Lipinski definition) is 4. The van der Waals surface area contributed by atoms with Crippen LogP contribution in [0.4, 0.5) is 31.0 Å². The minimum Gasteiger partial charge on any atom is -0.444 e. The van der Waals surface area contributed by atoms with E-state index >= 15 is 0 Å². The quantitative estimate of drug-likeness (QED) is 0.747. The molecule has 8 heteroatoms. The number of benzene rings is 2. The second kappa shape index (κ2) is 8.68. The van der Waals surface area contributed by atoms with E-state index in [9.17, 15) is 14.0 Å². The third-order valence-electron chi connectivity index (χ3n) is 5.56. The number of ether oxygens (including phenoxy) is 1. The number of amides is 3. The van der Waals surface area contributed by atoms with Gasteiger partial charge in [0, 0.05) is 31.9 Å². The van der Waals surface area contributed by atoms with Gasteiger partial charge in [-0.25, -0.2) is 14.0 Å². The van der Waals surface area contributed by atoms with Gasteiger partial charge in [-0.05, 0) is 63.6 Å². The van der Waals surface area contributed by atoms with Gasteiger partial charge in [-0.3, -0.25) is 4.90 Å². The number of rotatable bonds is 2. The molecule has 0 unspecified atom stereocenters. The highest BCUT2D eigenvalue weighted by Gasteiger charge is 2.33. The van der Waals surface area contributed by atoms with Crippen LogP contribution in [0.25, 0.3) is 0 Å². The monoisotopic (exact) mass is 440 g/mol. The fraction of sp³-hybridized carbons (Fsp3) is 0.417. The lowest BCUT2D eigenvalue weighted by Crippen LogP contribution is -2.50. The van der Waals surface area contributed by atoms with E-state index in [0.29, 0.717) is 32.6 Å². The van der Waals surface area contributed by atoms with E-state index in [-0.39, 0.29) is 24.0 Å². The molecule has 0 spiro atoms. The average molecular weight is 441 g/mol. The van der Waals surface area contributed by atoms with Crippen LogP contribution in [0.15, 0.2) is 48.5 Å². The standard InChI is InChI=1S/C24H29FN4O3/c1-24(2,3)32-23(31)27-13-12-18(16-27)26-22(30)29-15-14-28(19-10-8-17(25)9-11-19)20-6-4-5-7-21(20)29/h4-11,18H,12-16H2,1-3H3,(H,26,30)/t18-/m0/s1. The number of urea groups is 1. The highest BCUT2D eigenvalue weighted by molar-refractivity contribution is 5.98. The predicted octanol–water partition coefficient (Wildman–Crippen LogP) is 4.50. The van der Waals surface area contributed by atoms with Gasteiger partial charge in [0.1, 0.15) is 11.4 Å². The summed E-state index contributed by atoms with van der Waals surface area (Å²) in [5.74, 6) is -0.281. The minimum absolute atomic E-state index is 0.127. The van der Waals surface area contributed by atoms with Crippen LogP contribution >= 0.6 is 0 Å². The molecule has 7 nitrogen and oxygen atoms in total. The molecule has 4 rings (SSSR count). The van der Waals surface area contributed by atoms with Crippen molar-refractivity contribution in [2.24, 2.45) is 0 Å². The number of carbonyl (C=O) groups is 2. The predicted molar refractivity (Wildman–Crippen MR) is 122 cm³/mol. The summed E-state index contributed by atoms with van der Waals surface area (Å²) in [6.45, 7) is 7.57. The first-order valence-corrected chi connectivity index (χ1v) is 10.9. The molecule has 2 aliphatic heterocycles. The molecule has 3 amide bonds. The number of hydrogen-bond donors (Lipinski definition) is 1. The Balaban J connectivity index is 1.44. The van der Waals surface area contributed by atoms with Gasteiger partial charge >= 0.3 is 12.1 Å². The lowest BCUT2D eigenvalue weighted by molar-refractivity contribution is 0.0291. The number of anilines is 3. The molecule has 2 heterocycles. The van der Waals surface area contributed by atoms with E-state index in [1.54, 1.807) is 21.9 Å². The van der Waals surface area contributed by atoms with Crippen LogP contribution in [0.5, 0.6) is 0 Å². The van der Waals surface area contributed by atoms with Crippen LogP contribution in [-0.4, -0.2) is 54.8 Å². The molecule has 2 aromatic carbocycles. The lowest BCUT2D eigenvalue weighted by Gasteiger charge is -2.38. The molecule has 32 heavy (non-hydrogen) atoms. The van der Waals surface area contributed by atoms with E-state index < -0.39 is 5.60 Å². The SMILES string of the molecule is CC(C)(C)OC(=O)N1CC[C@H](NC(=O)N2CCN(c3ccc(F)cc3)c3ccccc32)C1. The van der Waals surface area contributed by atoms with Gasteiger partial charge in [0.2, 0.25) is 0 Å². The van der Waals surface area contributed by atoms with Crippen molar-refractivity contribution >= 4 is 29.2 Å². The maximum absolute atomic E-state index is 13.4. The van der Waals surface area contributed by atoms with Crippen LogP contribution in [0, 0.1) is 5.82 Å². The van der Waals surface area contributed by atoms with Crippen LogP contribution < -0.4 is 15.1 Å². The third kappa shape index (κ3) is 4.79. The first-order chi connectivity index (χ1) is 15.2. The van der Waals surface area contributed by atoms with E-state index in [1.165, 1.54) is 12.1 Å². The maximum Gasteiger partial charge on any atom is 0.410 e. The molecule has 1 N–H and O–H groups in total. The average Bonchev–Trinajstić information content (AvgIpc) is 3.21. The van der Waals surface area contributed by atoms with Crippen molar-refractivity contribution in [1.29, 1.82) is 0 Å². The highest BCUT2D eigenvalue weighted by atomic mass is 19.1. The second-order valence-electron chi connectivity index (χ2n) is 9.13. The molecular weight excluding hydrogens is 411 g/mol. The molecule has 0 aliphatic carbocycles. The summed E-state index contributed by atoms with van der Waals surface area (Å²) in [7, 11) is 0.